The fourth-order valence-corrected chi connectivity index (χ4v) is 4.17. The van der Waals surface area contributed by atoms with Gasteiger partial charge in [0.2, 0.25) is 5.91 Å². The van der Waals surface area contributed by atoms with Crippen LogP contribution in [-0.2, 0) is 9.53 Å². The molecule has 0 saturated carbocycles. The summed E-state index contributed by atoms with van der Waals surface area (Å²) < 4.78 is 6.29. The highest BCUT2D eigenvalue weighted by Gasteiger charge is 2.59. The van der Waals surface area contributed by atoms with Crippen molar-refractivity contribution in [1.82, 2.24) is 5.32 Å². The van der Waals surface area contributed by atoms with E-state index in [-0.39, 0.29) is 29.6 Å². The zero-order valence-corrected chi connectivity index (χ0v) is 13.3. The molecule has 3 aliphatic rings. The van der Waals surface area contributed by atoms with Crippen LogP contribution in [0.3, 0.4) is 0 Å². The van der Waals surface area contributed by atoms with Gasteiger partial charge in [0.05, 0.1) is 24.6 Å². The number of nitrogens with zero attached hydrogens (tertiary/aromatic N) is 1. The second-order valence-corrected chi connectivity index (χ2v) is 7.00. The maximum atomic E-state index is 12.9. The Bertz CT molecular complexity index is 652. The number of aryl methyl sites for hydroxylation is 1. The Morgan fingerprint density at radius 2 is 2.00 bits per heavy atom. The van der Waals surface area contributed by atoms with Crippen LogP contribution in [0.25, 0.3) is 0 Å². The van der Waals surface area contributed by atoms with Gasteiger partial charge >= 0.3 is 0 Å². The van der Waals surface area contributed by atoms with Crippen molar-refractivity contribution in [2.75, 3.05) is 18.0 Å². The molecule has 0 spiro atoms. The van der Waals surface area contributed by atoms with Crippen LogP contribution in [0.1, 0.15) is 19.4 Å². The largest absolute Gasteiger partial charge is 0.364 e. The lowest BCUT2D eigenvalue weighted by molar-refractivity contribution is -0.121. The van der Waals surface area contributed by atoms with Crippen molar-refractivity contribution >= 4 is 11.6 Å². The Labute approximate surface area is 131 Å². The lowest BCUT2D eigenvalue weighted by Crippen LogP contribution is -2.53. The van der Waals surface area contributed by atoms with Crippen LogP contribution in [0.4, 0.5) is 5.69 Å². The highest BCUT2D eigenvalue weighted by Crippen LogP contribution is 2.44. The molecule has 3 aliphatic heterocycles. The van der Waals surface area contributed by atoms with Crippen molar-refractivity contribution < 1.29 is 9.53 Å². The Hall–Kier alpha value is -1.65. The summed E-state index contributed by atoms with van der Waals surface area (Å²) in [5, 5.41) is 3.51. The van der Waals surface area contributed by atoms with E-state index >= 15 is 0 Å². The Balaban J connectivity index is 1.63. The summed E-state index contributed by atoms with van der Waals surface area (Å²) in [6.07, 6.45) is 2.16. The number of ether oxygens (including phenoxy) is 1. The molecule has 3 heterocycles. The first-order valence-electron chi connectivity index (χ1n) is 7.95. The first-order chi connectivity index (χ1) is 10.5. The highest BCUT2D eigenvalue weighted by atomic mass is 16.5. The fraction of sp³-hybridized carbons (Fsp3) is 0.500. The van der Waals surface area contributed by atoms with Gasteiger partial charge in [-0.2, -0.15) is 0 Å². The molecule has 0 bridgehead atoms. The van der Waals surface area contributed by atoms with Gasteiger partial charge in [-0.15, -0.1) is 0 Å². The minimum absolute atomic E-state index is 0.0292. The second-order valence-electron chi connectivity index (χ2n) is 7.00. The first-order valence-corrected chi connectivity index (χ1v) is 7.95. The van der Waals surface area contributed by atoms with Gasteiger partial charge in [0.15, 0.2) is 0 Å². The maximum Gasteiger partial charge on any atom is 0.234 e. The van der Waals surface area contributed by atoms with E-state index in [9.17, 15) is 4.79 Å². The van der Waals surface area contributed by atoms with Crippen molar-refractivity contribution in [3.05, 3.63) is 41.5 Å². The van der Waals surface area contributed by atoms with Crippen LogP contribution in [-0.4, -0.2) is 36.7 Å². The van der Waals surface area contributed by atoms with Gasteiger partial charge in [-0.3, -0.25) is 4.79 Å². The second kappa shape index (κ2) is 4.67. The molecule has 0 aliphatic carbocycles. The molecule has 1 N–H and O–H groups in total. The number of fused-ring (bicyclic) bond motifs is 3. The smallest absolute Gasteiger partial charge is 0.234 e. The number of anilines is 1. The average Bonchev–Trinajstić information content (AvgIpc) is 2.92. The summed E-state index contributed by atoms with van der Waals surface area (Å²) >= 11 is 0. The van der Waals surface area contributed by atoms with Crippen molar-refractivity contribution in [3.63, 3.8) is 0 Å². The number of carbonyl (C=O) groups is 1. The standard InChI is InChI=1S/C18H22N2O2/c1-11-4-6-13(7-5-11)20-10-14-15(17(20)21)16-18(3,22-14)8-12(2)9-19-16/h4-8,14-16,19H,9-10H2,1-3H3. The van der Waals surface area contributed by atoms with E-state index in [1.165, 1.54) is 11.1 Å². The third-order valence-corrected chi connectivity index (χ3v) is 5.18. The number of carbonyl (C=O) groups excluding carboxylic acids is 1. The van der Waals surface area contributed by atoms with Crippen LogP contribution >= 0.6 is 0 Å². The molecule has 116 valence electrons. The number of hydrogen-bond donors (Lipinski definition) is 1. The number of rotatable bonds is 1. The SMILES string of the molecule is CC1=CC2(C)OC3CN(c4ccc(C)cc4)C(=O)C3C2NC1. The van der Waals surface area contributed by atoms with Crippen molar-refractivity contribution in [1.29, 1.82) is 0 Å². The van der Waals surface area contributed by atoms with Crippen LogP contribution < -0.4 is 10.2 Å². The third-order valence-electron chi connectivity index (χ3n) is 5.18. The van der Waals surface area contributed by atoms with Gasteiger partial charge in [0, 0.05) is 12.2 Å². The molecule has 4 atom stereocenters. The zero-order valence-electron chi connectivity index (χ0n) is 13.3. The Morgan fingerprint density at radius 1 is 1.27 bits per heavy atom. The molecule has 4 nitrogen and oxygen atoms in total. The molecule has 1 aromatic rings. The molecule has 0 aromatic heterocycles. The van der Waals surface area contributed by atoms with Crippen molar-refractivity contribution in [3.8, 4) is 0 Å². The summed E-state index contributed by atoms with van der Waals surface area (Å²) in [4.78, 5) is 14.8. The summed E-state index contributed by atoms with van der Waals surface area (Å²) in [6.45, 7) is 7.73. The Morgan fingerprint density at radius 3 is 2.73 bits per heavy atom. The van der Waals surface area contributed by atoms with E-state index in [0.717, 1.165) is 12.2 Å². The quantitative estimate of drug-likeness (QED) is 0.807. The molecule has 4 heteroatoms. The molecule has 2 fully saturated rings. The highest BCUT2D eigenvalue weighted by molar-refractivity contribution is 5.99. The van der Waals surface area contributed by atoms with Gasteiger partial charge in [-0.05, 0) is 32.9 Å². The predicted molar refractivity (Wildman–Crippen MR) is 85.8 cm³/mol. The van der Waals surface area contributed by atoms with E-state index in [1.54, 1.807) is 0 Å². The Kier molecular flexibility index (Phi) is 2.97. The lowest BCUT2D eigenvalue weighted by atomic mass is 9.84. The van der Waals surface area contributed by atoms with E-state index in [1.807, 2.05) is 29.2 Å². The van der Waals surface area contributed by atoms with Crippen LogP contribution in [0.2, 0.25) is 0 Å². The molecule has 22 heavy (non-hydrogen) atoms. The molecule has 2 saturated heterocycles. The molecular weight excluding hydrogens is 276 g/mol. The van der Waals surface area contributed by atoms with Crippen molar-refractivity contribution in [2.24, 2.45) is 5.92 Å². The van der Waals surface area contributed by atoms with E-state index < -0.39 is 0 Å². The van der Waals surface area contributed by atoms with Crippen LogP contribution in [0.5, 0.6) is 0 Å². The normalized spacial score (nSPS) is 37.0. The van der Waals surface area contributed by atoms with Gasteiger partial charge in [0.25, 0.3) is 0 Å². The molecule has 0 radical (unpaired) electrons. The number of amides is 1. The summed E-state index contributed by atoms with van der Waals surface area (Å²) in [6, 6.07) is 8.21. The lowest BCUT2D eigenvalue weighted by Gasteiger charge is -2.36. The third kappa shape index (κ3) is 1.94. The van der Waals surface area contributed by atoms with E-state index in [0.29, 0.717) is 6.54 Å². The minimum Gasteiger partial charge on any atom is -0.364 e. The number of benzene rings is 1. The van der Waals surface area contributed by atoms with Crippen molar-refractivity contribution in [2.45, 2.75) is 38.5 Å². The topological polar surface area (TPSA) is 41.6 Å². The summed E-state index contributed by atoms with van der Waals surface area (Å²) in [5.41, 5.74) is 3.10. The van der Waals surface area contributed by atoms with E-state index in [2.05, 4.69) is 32.2 Å². The molecular formula is C18H22N2O2. The number of nitrogens with one attached hydrogen (secondary N) is 1. The van der Waals surface area contributed by atoms with Crippen LogP contribution in [0, 0.1) is 12.8 Å². The first kappa shape index (κ1) is 14.0. The zero-order chi connectivity index (χ0) is 15.5. The maximum absolute atomic E-state index is 12.9. The minimum atomic E-state index is -0.354. The molecule has 1 aromatic carbocycles. The van der Waals surface area contributed by atoms with Crippen LogP contribution in [0.15, 0.2) is 35.9 Å². The predicted octanol–water partition coefficient (Wildman–Crippen LogP) is 2.03. The summed E-state index contributed by atoms with van der Waals surface area (Å²) in [7, 11) is 0. The fourth-order valence-electron chi connectivity index (χ4n) is 4.17. The molecule has 4 rings (SSSR count). The molecule has 4 unspecified atom stereocenters. The number of hydrogen-bond acceptors (Lipinski definition) is 3. The molecule has 1 amide bonds. The monoisotopic (exact) mass is 298 g/mol. The van der Waals surface area contributed by atoms with Gasteiger partial charge in [0.1, 0.15) is 5.60 Å². The van der Waals surface area contributed by atoms with Gasteiger partial charge in [-0.1, -0.05) is 29.3 Å². The average molecular weight is 298 g/mol. The van der Waals surface area contributed by atoms with E-state index in [4.69, 9.17) is 4.74 Å². The van der Waals surface area contributed by atoms with Gasteiger partial charge in [-0.25, -0.2) is 0 Å². The summed E-state index contributed by atoms with van der Waals surface area (Å²) in [5.74, 6) is 0.0960. The van der Waals surface area contributed by atoms with Gasteiger partial charge < -0.3 is 15.0 Å².